The van der Waals surface area contributed by atoms with Crippen molar-refractivity contribution in [2.24, 2.45) is 4.99 Å². The highest BCUT2D eigenvalue weighted by atomic mass is 16.5. The van der Waals surface area contributed by atoms with Crippen LogP contribution in [-0.4, -0.2) is 83.8 Å². The number of aliphatic imine (C=N–C) groups is 1. The molecule has 4 heterocycles. The number of methoxy groups -OCH3 is 1. The number of pyridine rings is 1. The lowest BCUT2D eigenvalue weighted by Crippen LogP contribution is -2.45. The summed E-state index contributed by atoms with van der Waals surface area (Å²) in [6, 6.07) is 9.31. The molecule has 2 aliphatic rings. The second kappa shape index (κ2) is 12.8. The van der Waals surface area contributed by atoms with E-state index in [9.17, 15) is 19.2 Å². The highest BCUT2D eigenvalue weighted by Gasteiger charge is 2.30. The lowest BCUT2D eigenvalue weighted by atomic mass is 10.1. The summed E-state index contributed by atoms with van der Waals surface area (Å²) in [6.07, 6.45) is 5.25. The third-order valence-electron chi connectivity index (χ3n) is 7.37. The molecule has 3 aromatic rings. The molecule has 2 saturated heterocycles. The summed E-state index contributed by atoms with van der Waals surface area (Å²) in [5.41, 5.74) is 1.47. The molecule has 220 valence electrons. The molecule has 0 aliphatic carbocycles. The molecule has 1 atom stereocenters. The number of furan rings is 1. The number of esters is 1. The predicted molar refractivity (Wildman–Crippen MR) is 155 cm³/mol. The van der Waals surface area contributed by atoms with E-state index in [1.165, 1.54) is 25.4 Å². The Labute approximate surface area is 243 Å². The van der Waals surface area contributed by atoms with Gasteiger partial charge >= 0.3 is 5.97 Å². The number of rotatable bonds is 6. The van der Waals surface area contributed by atoms with Gasteiger partial charge in [0, 0.05) is 42.5 Å². The zero-order valence-corrected chi connectivity index (χ0v) is 23.7. The largest absolute Gasteiger partial charge is 0.464 e. The number of nitrogens with zero attached hydrogens (tertiary/aromatic N) is 4. The molecule has 0 saturated carbocycles. The van der Waals surface area contributed by atoms with Gasteiger partial charge in [0.2, 0.25) is 17.8 Å². The van der Waals surface area contributed by atoms with E-state index in [1.807, 2.05) is 19.1 Å². The monoisotopic (exact) mass is 574 g/mol. The normalized spacial score (nSPS) is 17.7. The fraction of sp³-hybridized carbons (Fsp3) is 0.400. The molecular formula is C30H34N6O6. The van der Waals surface area contributed by atoms with Crippen molar-refractivity contribution in [2.45, 2.75) is 45.1 Å². The third-order valence-corrected chi connectivity index (χ3v) is 7.37. The molecule has 1 aromatic carbocycles. The topological polar surface area (TPSA) is 146 Å². The van der Waals surface area contributed by atoms with E-state index in [1.54, 1.807) is 21.9 Å². The Morgan fingerprint density at radius 2 is 1.86 bits per heavy atom. The number of aryl methyl sites for hydroxylation is 1. The average Bonchev–Trinajstić information content (AvgIpc) is 3.63. The van der Waals surface area contributed by atoms with Crippen LogP contribution in [0.25, 0.3) is 11.0 Å². The molecule has 2 N–H and O–H groups in total. The van der Waals surface area contributed by atoms with Gasteiger partial charge < -0.3 is 24.3 Å². The van der Waals surface area contributed by atoms with Gasteiger partial charge in [0.05, 0.1) is 13.7 Å². The van der Waals surface area contributed by atoms with Crippen molar-refractivity contribution >= 4 is 46.3 Å². The second-order valence-electron chi connectivity index (χ2n) is 10.4. The number of guanidine groups is 1. The van der Waals surface area contributed by atoms with E-state index in [0.29, 0.717) is 24.2 Å². The van der Waals surface area contributed by atoms with Gasteiger partial charge in [-0.05, 0) is 75.4 Å². The van der Waals surface area contributed by atoms with E-state index in [0.717, 1.165) is 49.9 Å². The van der Waals surface area contributed by atoms with Gasteiger partial charge in [-0.1, -0.05) is 0 Å². The van der Waals surface area contributed by atoms with Crippen LogP contribution in [0.1, 0.15) is 58.7 Å². The van der Waals surface area contributed by atoms with Crippen LogP contribution in [0, 0.1) is 6.92 Å². The zero-order valence-electron chi connectivity index (χ0n) is 23.7. The molecule has 42 heavy (non-hydrogen) atoms. The van der Waals surface area contributed by atoms with Crippen LogP contribution >= 0.6 is 0 Å². The number of fused-ring (bicyclic) bond motifs is 1. The highest BCUT2D eigenvalue weighted by molar-refractivity contribution is 6.11. The van der Waals surface area contributed by atoms with Crippen molar-refractivity contribution in [3.8, 4) is 0 Å². The standard InChI is InChI=1S/C30H34N6O6/c1-19-15-21-16-22(8-9-25(21)42-19)32-30(34-27(38)20-10-11-31-24(17-20)29(40)41-2)33-23-7-3-4-14-36(28(23)39)18-26(37)35-12-5-6-13-35/h8-11,15-17,23H,3-7,12-14,18H2,1-2H3,(H2,32,33,34,38). The number of anilines is 1. The van der Waals surface area contributed by atoms with Crippen molar-refractivity contribution in [1.29, 1.82) is 0 Å². The lowest BCUT2D eigenvalue weighted by molar-refractivity contribution is -0.140. The van der Waals surface area contributed by atoms with Crippen LogP contribution in [0.2, 0.25) is 0 Å². The number of nitrogens with one attached hydrogen (secondary N) is 2. The van der Waals surface area contributed by atoms with Crippen molar-refractivity contribution in [3.05, 3.63) is 59.6 Å². The summed E-state index contributed by atoms with van der Waals surface area (Å²) in [6.45, 7) is 3.79. The molecule has 12 nitrogen and oxygen atoms in total. The number of carbonyl (C=O) groups is 4. The Balaban J connectivity index is 1.41. The Kier molecular flexibility index (Phi) is 8.80. The van der Waals surface area contributed by atoms with Crippen molar-refractivity contribution < 1.29 is 28.3 Å². The second-order valence-corrected chi connectivity index (χ2v) is 10.4. The summed E-state index contributed by atoms with van der Waals surface area (Å²) >= 11 is 0. The number of carbonyl (C=O) groups excluding carboxylic acids is 4. The van der Waals surface area contributed by atoms with Gasteiger partial charge in [-0.15, -0.1) is 0 Å². The summed E-state index contributed by atoms with van der Waals surface area (Å²) in [5, 5.41) is 6.76. The van der Waals surface area contributed by atoms with Crippen molar-refractivity contribution in [1.82, 2.24) is 20.1 Å². The zero-order chi connectivity index (χ0) is 29.6. The number of hydrogen-bond donors (Lipinski definition) is 2. The molecule has 0 spiro atoms. The van der Waals surface area contributed by atoms with Crippen LogP contribution in [0.3, 0.4) is 0 Å². The van der Waals surface area contributed by atoms with E-state index >= 15 is 0 Å². The Morgan fingerprint density at radius 3 is 2.64 bits per heavy atom. The van der Waals surface area contributed by atoms with Crippen LogP contribution < -0.4 is 10.6 Å². The molecule has 12 heteroatoms. The quantitative estimate of drug-likeness (QED) is 0.259. The molecule has 0 bridgehead atoms. The van der Waals surface area contributed by atoms with Gasteiger partial charge in [0.1, 0.15) is 23.1 Å². The smallest absolute Gasteiger partial charge is 0.356 e. The minimum Gasteiger partial charge on any atom is -0.464 e. The SMILES string of the molecule is COC(=O)c1cc(C(=O)NC(=NC2CCCCN(CC(=O)N3CCCC3)C2=O)Nc2ccc3oc(C)cc3c2)ccn1. The number of benzene rings is 1. The van der Waals surface area contributed by atoms with Crippen LogP contribution in [0.5, 0.6) is 0 Å². The first kappa shape index (κ1) is 28.8. The van der Waals surface area contributed by atoms with E-state index in [2.05, 4.69) is 20.6 Å². The van der Waals surface area contributed by atoms with Gasteiger partial charge in [-0.2, -0.15) is 0 Å². The van der Waals surface area contributed by atoms with Gasteiger partial charge in [0.25, 0.3) is 5.91 Å². The molecule has 2 aromatic heterocycles. The Hall–Kier alpha value is -4.74. The summed E-state index contributed by atoms with van der Waals surface area (Å²) in [4.78, 5) is 63.7. The van der Waals surface area contributed by atoms with Crippen molar-refractivity contribution in [3.63, 3.8) is 0 Å². The molecular weight excluding hydrogens is 540 g/mol. The van der Waals surface area contributed by atoms with Crippen LogP contribution in [0.15, 0.2) is 52.0 Å². The fourth-order valence-corrected chi connectivity index (χ4v) is 5.20. The summed E-state index contributed by atoms with van der Waals surface area (Å²) < 4.78 is 10.4. The van der Waals surface area contributed by atoms with Gasteiger partial charge in [-0.3, -0.25) is 19.7 Å². The molecule has 1 unspecified atom stereocenters. The van der Waals surface area contributed by atoms with Crippen LogP contribution in [-0.2, 0) is 14.3 Å². The molecule has 3 amide bonds. The highest BCUT2D eigenvalue weighted by Crippen LogP contribution is 2.23. The minimum absolute atomic E-state index is 0.0177. The Bertz CT molecular complexity index is 1530. The van der Waals surface area contributed by atoms with Gasteiger partial charge in [0.15, 0.2) is 0 Å². The predicted octanol–water partition coefficient (Wildman–Crippen LogP) is 3.12. The van der Waals surface area contributed by atoms with E-state index in [-0.39, 0.29) is 35.6 Å². The first-order valence-electron chi connectivity index (χ1n) is 14.1. The van der Waals surface area contributed by atoms with Gasteiger partial charge in [-0.25, -0.2) is 14.8 Å². The number of hydrogen-bond acceptors (Lipinski definition) is 8. The maximum absolute atomic E-state index is 13.6. The number of likely N-dealkylation sites (tertiary alicyclic amines) is 2. The van der Waals surface area contributed by atoms with Crippen LogP contribution in [0.4, 0.5) is 5.69 Å². The number of ether oxygens (including phenoxy) is 1. The molecule has 2 fully saturated rings. The number of aromatic nitrogens is 1. The van der Waals surface area contributed by atoms with Crippen molar-refractivity contribution in [2.75, 3.05) is 38.6 Å². The number of amides is 3. The van der Waals surface area contributed by atoms with E-state index < -0.39 is 17.9 Å². The molecule has 2 aliphatic heterocycles. The summed E-state index contributed by atoms with van der Waals surface area (Å²) in [5.74, 6) is -0.728. The summed E-state index contributed by atoms with van der Waals surface area (Å²) in [7, 11) is 1.23. The maximum Gasteiger partial charge on any atom is 0.356 e. The first-order valence-corrected chi connectivity index (χ1v) is 14.1. The first-order chi connectivity index (χ1) is 20.3. The molecule has 5 rings (SSSR count). The minimum atomic E-state index is -0.801. The lowest BCUT2D eigenvalue weighted by Gasteiger charge is -2.25. The Morgan fingerprint density at radius 1 is 1.07 bits per heavy atom. The fourth-order valence-electron chi connectivity index (χ4n) is 5.20. The average molecular weight is 575 g/mol. The van der Waals surface area contributed by atoms with E-state index in [4.69, 9.17) is 9.15 Å². The molecule has 0 radical (unpaired) electrons. The maximum atomic E-state index is 13.6. The third kappa shape index (κ3) is 6.76.